The molecule has 0 aliphatic heterocycles. The number of nitrogens with one attached hydrogen (secondary N) is 1. The monoisotopic (exact) mass is 252 g/mol. The van der Waals surface area contributed by atoms with Crippen LogP contribution >= 0.6 is 22.9 Å². The lowest BCUT2D eigenvalue weighted by Gasteiger charge is -2.00. The van der Waals surface area contributed by atoms with Crippen LogP contribution < -0.4 is 5.56 Å². The molecule has 1 aliphatic carbocycles. The van der Waals surface area contributed by atoms with E-state index in [1.165, 1.54) is 11.3 Å². The first kappa shape index (κ1) is 10.1. The first-order valence-electron chi connectivity index (χ1n) is 5.09. The Morgan fingerprint density at radius 2 is 2.25 bits per heavy atom. The van der Waals surface area contributed by atoms with Crippen molar-refractivity contribution in [1.29, 1.82) is 0 Å². The highest BCUT2D eigenvalue weighted by molar-refractivity contribution is 7.19. The molecule has 0 bridgehead atoms. The van der Waals surface area contributed by atoms with Crippen molar-refractivity contribution >= 4 is 22.9 Å². The molecule has 82 valence electrons. The quantitative estimate of drug-likeness (QED) is 0.893. The highest BCUT2D eigenvalue weighted by Crippen LogP contribution is 2.39. The molecule has 0 unspecified atom stereocenters. The molecule has 0 atom stereocenters. The normalized spacial score (nSPS) is 15.3. The van der Waals surface area contributed by atoms with Gasteiger partial charge in [0.1, 0.15) is 0 Å². The Bertz CT molecular complexity index is 586. The number of hydrogen-bond acceptors (Lipinski definition) is 3. The Kier molecular flexibility index (Phi) is 2.33. The summed E-state index contributed by atoms with van der Waals surface area (Å²) < 4.78 is 0.703. The predicted octanol–water partition coefficient (Wildman–Crippen LogP) is 3.03. The summed E-state index contributed by atoms with van der Waals surface area (Å²) in [6.07, 6.45) is 2.28. The van der Waals surface area contributed by atoms with Gasteiger partial charge in [0.2, 0.25) is 0 Å². The standard InChI is InChI=1S/C11H9ClN2OS/c12-9-4-3-8(16-9)11-13-7(6-1-2-6)5-10(15)14-11/h3-6H,1-2H2,(H,13,14,15). The molecule has 0 aromatic carbocycles. The van der Waals surface area contributed by atoms with Gasteiger partial charge in [-0.1, -0.05) is 11.6 Å². The van der Waals surface area contributed by atoms with Crippen LogP contribution in [0.25, 0.3) is 10.7 Å². The molecule has 0 radical (unpaired) electrons. The van der Waals surface area contributed by atoms with Gasteiger partial charge >= 0.3 is 0 Å². The van der Waals surface area contributed by atoms with Gasteiger partial charge in [-0.25, -0.2) is 4.98 Å². The van der Waals surface area contributed by atoms with Crippen LogP contribution in [0.2, 0.25) is 4.34 Å². The Balaban J connectivity index is 2.09. The van der Waals surface area contributed by atoms with Crippen LogP contribution in [-0.2, 0) is 0 Å². The van der Waals surface area contributed by atoms with E-state index in [0.717, 1.165) is 23.4 Å². The highest BCUT2D eigenvalue weighted by Gasteiger charge is 2.26. The summed E-state index contributed by atoms with van der Waals surface area (Å²) in [5, 5.41) is 0. The highest BCUT2D eigenvalue weighted by atomic mass is 35.5. The third-order valence-corrected chi connectivity index (χ3v) is 3.80. The smallest absolute Gasteiger partial charge is 0.251 e. The summed E-state index contributed by atoms with van der Waals surface area (Å²) in [6, 6.07) is 5.28. The maximum Gasteiger partial charge on any atom is 0.251 e. The third kappa shape index (κ3) is 1.90. The molecular weight excluding hydrogens is 244 g/mol. The number of hydrogen-bond donors (Lipinski definition) is 1. The minimum absolute atomic E-state index is 0.0866. The summed E-state index contributed by atoms with van der Waals surface area (Å²) in [6.45, 7) is 0. The Labute approximate surface area is 101 Å². The number of halogens is 1. The average molecular weight is 253 g/mol. The van der Waals surface area contributed by atoms with Crippen molar-refractivity contribution < 1.29 is 0 Å². The number of aromatic nitrogens is 2. The molecule has 1 saturated carbocycles. The number of H-pyrrole nitrogens is 1. The second-order valence-corrected chi connectivity index (χ2v) is 5.61. The zero-order chi connectivity index (χ0) is 11.1. The summed E-state index contributed by atoms with van der Waals surface area (Å²) in [5.74, 6) is 1.11. The van der Waals surface area contributed by atoms with Gasteiger partial charge in [-0.3, -0.25) is 4.79 Å². The van der Waals surface area contributed by atoms with Crippen molar-refractivity contribution in [2.75, 3.05) is 0 Å². The van der Waals surface area contributed by atoms with E-state index in [9.17, 15) is 4.79 Å². The molecule has 3 nitrogen and oxygen atoms in total. The molecule has 3 rings (SSSR count). The van der Waals surface area contributed by atoms with E-state index in [-0.39, 0.29) is 5.56 Å². The Morgan fingerprint density at radius 3 is 2.88 bits per heavy atom. The van der Waals surface area contributed by atoms with Crippen molar-refractivity contribution in [2.24, 2.45) is 0 Å². The molecule has 0 amide bonds. The molecule has 2 heterocycles. The van der Waals surface area contributed by atoms with E-state index >= 15 is 0 Å². The van der Waals surface area contributed by atoms with Gasteiger partial charge in [0, 0.05) is 12.0 Å². The molecule has 1 N–H and O–H groups in total. The zero-order valence-electron chi connectivity index (χ0n) is 8.37. The molecule has 16 heavy (non-hydrogen) atoms. The topological polar surface area (TPSA) is 45.8 Å². The van der Waals surface area contributed by atoms with Crippen molar-refractivity contribution in [3.8, 4) is 10.7 Å². The van der Waals surface area contributed by atoms with E-state index in [4.69, 9.17) is 11.6 Å². The molecule has 1 aliphatic rings. The number of rotatable bonds is 2. The van der Waals surface area contributed by atoms with Crippen LogP contribution in [0.4, 0.5) is 0 Å². The number of thiophene rings is 1. The van der Waals surface area contributed by atoms with E-state index in [2.05, 4.69) is 9.97 Å². The minimum Gasteiger partial charge on any atom is -0.306 e. The predicted molar refractivity (Wildman–Crippen MR) is 65.2 cm³/mol. The molecular formula is C11H9ClN2OS. The first-order valence-corrected chi connectivity index (χ1v) is 6.29. The Morgan fingerprint density at radius 1 is 1.44 bits per heavy atom. The molecule has 1 fully saturated rings. The summed E-state index contributed by atoms with van der Waals surface area (Å²) in [4.78, 5) is 19.6. The van der Waals surface area contributed by atoms with Crippen LogP contribution in [-0.4, -0.2) is 9.97 Å². The van der Waals surface area contributed by atoms with Crippen molar-refractivity contribution in [1.82, 2.24) is 9.97 Å². The fraction of sp³-hybridized carbons (Fsp3) is 0.273. The van der Waals surface area contributed by atoms with Crippen molar-refractivity contribution in [2.45, 2.75) is 18.8 Å². The lowest BCUT2D eigenvalue weighted by atomic mass is 10.3. The summed E-state index contributed by atoms with van der Waals surface area (Å²) in [7, 11) is 0. The fourth-order valence-corrected chi connectivity index (χ4v) is 2.61. The van der Waals surface area contributed by atoms with Gasteiger partial charge in [0.25, 0.3) is 5.56 Å². The molecule has 0 spiro atoms. The van der Waals surface area contributed by atoms with Crippen LogP contribution in [0.15, 0.2) is 23.0 Å². The van der Waals surface area contributed by atoms with E-state index < -0.39 is 0 Å². The third-order valence-electron chi connectivity index (χ3n) is 2.56. The summed E-state index contributed by atoms with van der Waals surface area (Å²) >= 11 is 7.29. The minimum atomic E-state index is -0.0866. The van der Waals surface area contributed by atoms with Gasteiger partial charge in [-0.05, 0) is 25.0 Å². The van der Waals surface area contributed by atoms with Crippen LogP contribution in [0.5, 0.6) is 0 Å². The lowest BCUT2D eigenvalue weighted by Crippen LogP contribution is -2.09. The largest absolute Gasteiger partial charge is 0.306 e. The zero-order valence-corrected chi connectivity index (χ0v) is 9.94. The maximum atomic E-state index is 11.5. The molecule has 5 heteroatoms. The van der Waals surface area contributed by atoms with Gasteiger partial charge in [0.05, 0.1) is 14.9 Å². The van der Waals surface area contributed by atoms with E-state index in [0.29, 0.717) is 16.1 Å². The van der Waals surface area contributed by atoms with Crippen molar-refractivity contribution in [3.05, 3.63) is 38.6 Å². The van der Waals surface area contributed by atoms with Crippen LogP contribution in [0.1, 0.15) is 24.5 Å². The second kappa shape index (κ2) is 3.71. The SMILES string of the molecule is O=c1cc(C2CC2)nc(-c2ccc(Cl)s2)[nH]1. The van der Waals surface area contributed by atoms with Gasteiger partial charge in [-0.15, -0.1) is 11.3 Å². The molecule has 2 aromatic heterocycles. The van der Waals surface area contributed by atoms with Gasteiger partial charge < -0.3 is 4.98 Å². The fourth-order valence-electron chi connectivity index (χ4n) is 1.62. The number of nitrogens with zero attached hydrogens (tertiary/aromatic N) is 1. The number of aromatic amines is 1. The van der Waals surface area contributed by atoms with Gasteiger partial charge in [0.15, 0.2) is 5.82 Å². The van der Waals surface area contributed by atoms with E-state index in [1.54, 1.807) is 6.07 Å². The average Bonchev–Trinajstić information content (AvgIpc) is 3.01. The van der Waals surface area contributed by atoms with Crippen LogP contribution in [0.3, 0.4) is 0 Å². The lowest BCUT2D eigenvalue weighted by molar-refractivity contribution is 0.979. The van der Waals surface area contributed by atoms with Crippen LogP contribution in [0, 0.1) is 0 Å². The van der Waals surface area contributed by atoms with Gasteiger partial charge in [-0.2, -0.15) is 0 Å². The summed E-state index contributed by atoms with van der Waals surface area (Å²) in [5.41, 5.74) is 0.819. The van der Waals surface area contributed by atoms with E-state index in [1.807, 2.05) is 12.1 Å². The molecule has 0 saturated heterocycles. The molecule has 2 aromatic rings. The maximum absolute atomic E-state index is 11.5. The second-order valence-electron chi connectivity index (χ2n) is 3.90. The van der Waals surface area contributed by atoms with Crippen molar-refractivity contribution in [3.63, 3.8) is 0 Å². The Hall–Kier alpha value is -1.13. The first-order chi connectivity index (χ1) is 7.72.